The van der Waals surface area contributed by atoms with Crippen molar-refractivity contribution in [3.63, 3.8) is 0 Å². The van der Waals surface area contributed by atoms with E-state index in [4.69, 9.17) is 0 Å². The van der Waals surface area contributed by atoms with Crippen LogP contribution < -0.4 is 5.56 Å². The number of Topliss-reactive ketones (excluding diaryl/α,β-unsaturated/α-hetero) is 1. The number of aryl methyl sites for hydroxylation is 1. The van der Waals surface area contributed by atoms with Crippen molar-refractivity contribution in [2.45, 2.75) is 19.6 Å². The number of alkyl halides is 3. The molecule has 1 aromatic carbocycles. The summed E-state index contributed by atoms with van der Waals surface area (Å²) in [5.74, 6) is -2.07. The molecule has 0 spiro atoms. The minimum Gasteiger partial charge on any atom is -0.306 e. The number of nitrogens with zero attached hydrogens (tertiary/aromatic N) is 4. The summed E-state index contributed by atoms with van der Waals surface area (Å²) in [6.45, 7) is 1.26. The molecule has 0 aliphatic carbocycles. The number of halogens is 3. The SMILES string of the molecule is Cc1cc(=O)n2nc(C(F)(F)F)nc2n1CC(=O)c1ccccc1. The van der Waals surface area contributed by atoms with E-state index >= 15 is 0 Å². The lowest BCUT2D eigenvalue weighted by molar-refractivity contribution is -0.144. The van der Waals surface area contributed by atoms with Crippen molar-refractivity contribution in [1.82, 2.24) is 19.2 Å². The van der Waals surface area contributed by atoms with E-state index in [0.29, 0.717) is 15.8 Å². The highest BCUT2D eigenvalue weighted by molar-refractivity contribution is 5.96. The van der Waals surface area contributed by atoms with Gasteiger partial charge < -0.3 is 4.57 Å². The zero-order valence-corrected chi connectivity index (χ0v) is 12.4. The number of carbonyl (C=O) groups is 1. The predicted octanol–water partition coefficient (Wildman–Crippen LogP) is 2.10. The van der Waals surface area contributed by atoms with Crippen LogP contribution in [-0.4, -0.2) is 24.9 Å². The molecule has 3 rings (SSSR count). The molecule has 124 valence electrons. The van der Waals surface area contributed by atoms with Crippen molar-refractivity contribution in [2.75, 3.05) is 0 Å². The van der Waals surface area contributed by atoms with Crippen LogP contribution in [0, 0.1) is 6.92 Å². The first-order valence-corrected chi connectivity index (χ1v) is 6.90. The molecular weight excluding hydrogens is 325 g/mol. The number of hydrogen-bond acceptors (Lipinski definition) is 4. The second-order valence-electron chi connectivity index (χ2n) is 5.14. The molecule has 2 heterocycles. The fourth-order valence-electron chi connectivity index (χ4n) is 2.28. The summed E-state index contributed by atoms with van der Waals surface area (Å²) in [5, 5.41) is 3.20. The van der Waals surface area contributed by atoms with E-state index in [2.05, 4.69) is 10.1 Å². The second kappa shape index (κ2) is 5.59. The lowest BCUT2D eigenvalue weighted by Crippen LogP contribution is -2.23. The standard InChI is InChI=1S/C15H11F3N4O2/c1-9-7-12(24)22-14(19-13(20-22)15(16,17)18)21(9)8-11(23)10-5-3-2-4-6-10/h2-7H,8H2,1H3. The minimum atomic E-state index is -4.78. The highest BCUT2D eigenvalue weighted by Crippen LogP contribution is 2.26. The summed E-state index contributed by atoms with van der Waals surface area (Å²) in [5.41, 5.74) is -0.0175. The fourth-order valence-corrected chi connectivity index (χ4v) is 2.28. The minimum absolute atomic E-state index is 0.254. The monoisotopic (exact) mass is 336 g/mol. The molecular formula is C15H11F3N4O2. The Morgan fingerprint density at radius 1 is 1.21 bits per heavy atom. The predicted molar refractivity (Wildman–Crippen MR) is 77.8 cm³/mol. The van der Waals surface area contributed by atoms with Crippen LogP contribution in [0.15, 0.2) is 41.2 Å². The van der Waals surface area contributed by atoms with Gasteiger partial charge in [-0.25, -0.2) is 0 Å². The molecule has 0 aliphatic rings. The van der Waals surface area contributed by atoms with Crippen LogP contribution in [0.3, 0.4) is 0 Å². The number of aromatic nitrogens is 4. The van der Waals surface area contributed by atoms with Gasteiger partial charge in [-0.2, -0.15) is 22.7 Å². The van der Waals surface area contributed by atoms with Crippen molar-refractivity contribution < 1.29 is 18.0 Å². The molecule has 0 fully saturated rings. The summed E-state index contributed by atoms with van der Waals surface area (Å²) < 4.78 is 40.2. The highest BCUT2D eigenvalue weighted by atomic mass is 19.4. The van der Waals surface area contributed by atoms with Gasteiger partial charge in [-0.1, -0.05) is 30.3 Å². The van der Waals surface area contributed by atoms with Crippen LogP contribution in [0.2, 0.25) is 0 Å². The van der Waals surface area contributed by atoms with Gasteiger partial charge in [0.2, 0.25) is 5.78 Å². The van der Waals surface area contributed by atoms with Gasteiger partial charge in [0, 0.05) is 17.3 Å². The van der Waals surface area contributed by atoms with Gasteiger partial charge in [-0.05, 0) is 6.92 Å². The van der Waals surface area contributed by atoms with Gasteiger partial charge >= 0.3 is 6.18 Å². The average molecular weight is 336 g/mol. The summed E-state index contributed by atoms with van der Waals surface area (Å²) in [7, 11) is 0. The molecule has 0 saturated heterocycles. The molecule has 24 heavy (non-hydrogen) atoms. The van der Waals surface area contributed by atoms with Crippen LogP contribution in [0.1, 0.15) is 21.9 Å². The Morgan fingerprint density at radius 2 is 1.88 bits per heavy atom. The number of benzene rings is 1. The summed E-state index contributed by atoms with van der Waals surface area (Å²) in [6, 6.07) is 9.42. The molecule has 6 nitrogen and oxygen atoms in total. The van der Waals surface area contributed by atoms with Gasteiger partial charge in [-0.3, -0.25) is 9.59 Å². The van der Waals surface area contributed by atoms with Gasteiger partial charge in [0.1, 0.15) is 0 Å². The van der Waals surface area contributed by atoms with Gasteiger partial charge in [0.15, 0.2) is 5.78 Å². The molecule has 0 aliphatic heterocycles. The van der Waals surface area contributed by atoms with E-state index in [0.717, 1.165) is 6.07 Å². The van der Waals surface area contributed by atoms with Crippen molar-refractivity contribution in [3.8, 4) is 0 Å². The summed E-state index contributed by atoms with van der Waals surface area (Å²) in [4.78, 5) is 27.6. The molecule has 0 bridgehead atoms. The Kier molecular flexibility index (Phi) is 3.70. The second-order valence-corrected chi connectivity index (χ2v) is 5.14. The van der Waals surface area contributed by atoms with Gasteiger partial charge in [0.05, 0.1) is 6.54 Å². The van der Waals surface area contributed by atoms with Crippen molar-refractivity contribution in [1.29, 1.82) is 0 Å². The van der Waals surface area contributed by atoms with Crippen molar-refractivity contribution in [2.24, 2.45) is 0 Å². The molecule has 3 aromatic rings. The van der Waals surface area contributed by atoms with Gasteiger partial charge in [-0.15, -0.1) is 5.10 Å². The van der Waals surface area contributed by atoms with Crippen LogP contribution in [-0.2, 0) is 12.7 Å². The summed E-state index contributed by atoms with van der Waals surface area (Å²) in [6.07, 6.45) is -4.78. The largest absolute Gasteiger partial charge is 0.453 e. The first-order valence-electron chi connectivity index (χ1n) is 6.90. The number of fused-ring (bicyclic) bond motifs is 1. The maximum absolute atomic E-state index is 12.8. The number of carbonyl (C=O) groups excluding carboxylic acids is 1. The molecule has 2 aromatic heterocycles. The lowest BCUT2D eigenvalue weighted by atomic mass is 10.1. The van der Waals surface area contributed by atoms with Gasteiger partial charge in [0.25, 0.3) is 11.4 Å². The first kappa shape index (κ1) is 15.9. The van der Waals surface area contributed by atoms with E-state index in [1.165, 1.54) is 11.5 Å². The maximum Gasteiger partial charge on any atom is 0.453 e. The molecule has 0 saturated carbocycles. The normalized spacial score (nSPS) is 11.8. The number of ketones is 1. The molecule has 0 amide bonds. The molecule has 9 heteroatoms. The third-order valence-electron chi connectivity index (χ3n) is 3.45. The summed E-state index contributed by atoms with van der Waals surface area (Å²) >= 11 is 0. The Hall–Kier alpha value is -2.97. The Morgan fingerprint density at radius 3 is 2.50 bits per heavy atom. The quantitative estimate of drug-likeness (QED) is 0.687. The van der Waals surface area contributed by atoms with E-state index < -0.39 is 17.6 Å². The van der Waals surface area contributed by atoms with Crippen LogP contribution in [0.5, 0.6) is 0 Å². The zero-order valence-electron chi connectivity index (χ0n) is 12.4. The molecule has 0 N–H and O–H groups in total. The first-order chi connectivity index (χ1) is 11.3. The van der Waals surface area contributed by atoms with E-state index in [-0.39, 0.29) is 18.1 Å². The maximum atomic E-state index is 12.8. The average Bonchev–Trinajstić information content (AvgIpc) is 2.98. The van der Waals surface area contributed by atoms with Crippen LogP contribution >= 0.6 is 0 Å². The third kappa shape index (κ3) is 2.80. The Balaban J connectivity index is 2.12. The lowest BCUT2D eigenvalue weighted by Gasteiger charge is -2.10. The number of hydrogen-bond donors (Lipinski definition) is 0. The Bertz CT molecular complexity index is 974. The van der Waals surface area contributed by atoms with E-state index in [1.54, 1.807) is 30.3 Å². The highest BCUT2D eigenvalue weighted by Gasteiger charge is 2.37. The van der Waals surface area contributed by atoms with Crippen molar-refractivity contribution >= 4 is 11.6 Å². The molecule has 0 radical (unpaired) electrons. The van der Waals surface area contributed by atoms with E-state index in [1.807, 2.05) is 0 Å². The fraction of sp³-hybridized carbons (Fsp3) is 0.200. The zero-order chi connectivity index (χ0) is 17.5. The van der Waals surface area contributed by atoms with Crippen molar-refractivity contribution in [3.05, 3.63) is 63.8 Å². The smallest absolute Gasteiger partial charge is 0.306 e. The molecule has 0 unspecified atom stereocenters. The number of rotatable bonds is 3. The van der Waals surface area contributed by atoms with E-state index in [9.17, 15) is 22.8 Å². The Labute approximate surface area is 133 Å². The third-order valence-corrected chi connectivity index (χ3v) is 3.45. The topological polar surface area (TPSA) is 69.3 Å². The van der Waals surface area contributed by atoms with Crippen LogP contribution in [0.25, 0.3) is 5.78 Å². The molecule has 0 atom stereocenters. The van der Waals surface area contributed by atoms with Crippen LogP contribution in [0.4, 0.5) is 13.2 Å².